The number of morpholine rings is 1. The third-order valence-electron chi connectivity index (χ3n) is 4.93. The lowest BCUT2D eigenvalue weighted by Gasteiger charge is -2.43. The first kappa shape index (κ1) is 24.8. The normalized spacial score (nSPS) is 18.9. The van der Waals surface area contributed by atoms with Gasteiger partial charge < -0.3 is 14.2 Å². The van der Waals surface area contributed by atoms with E-state index in [0.29, 0.717) is 41.1 Å². The lowest BCUT2D eigenvalue weighted by molar-refractivity contribution is -0.159. The van der Waals surface area contributed by atoms with Crippen LogP contribution in [0.3, 0.4) is 0 Å². The Hall–Kier alpha value is -1.79. The summed E-state index contributed by atoms with van der Waals surface area (Å²) in [5, 5.41) is 0.916. The summed E-state index contributed by atoms with van der Waals surface area (Å²) in [5.41, 5.74) is 0.233. The van der Waals surface area contributed by atoms with Crippen LogP contribution in [0.1, 0.15) is 52.7 Å². The molecule has 0 amide bonds. The molecule has 2 aromatic rings. The predicted octanol–water partition coefficient (Wildman–Crippen LogP) is 6.67. The summed E-state index contributed by atoms with van der Waals surface area (Å²) in [5.74, 6) is 0.894. The molecule has 0 N–H and O–H groups in total. The van der Waals surface area contributed by atoms with E-state index in [1.54, 1.807) is 18.2 Å². The Morgan fingerprint density at radius 3 is 2.34 bits per heavy atom. The SMILES string of the molecule is CC(C)(C)OC(=O)CCN1CC(c2ccc(Oc3c(Cl)cccc3Cl)cc2)OC(C)(C)C1. The molecule has 7 heteroatoms. The van der Waals surface area contributed by atoms with Crippen molar-refractivity contribution in [3.8, 4) is 11.5 Å². The van der Waals surface area contributed by atoms with Gasteiger partial charge in [0.25, 0.3) is 0 Å². The Balaban J connectivity index is 1.65. The summed E-state index contributed by atoms with van der Waals surface area (Å²) in [7, 11) is 0. The second-order valence-electron chi connectivity index (χ2n) is 9.66. The van der Waals surface area contributed by atoms with Gasteiger partial charge in [0, 0.05) is 19.6 Å². The number of carbonyl (C=O) groups excluding carboxylic acids is 1. The molecule has 5 nitrogen and oxygen atoms in total. The number of hydrogen-bond acceptors (Lipinski definition) is 5. The summed E-state index contributed by atoms with van der Waals surface area (Å²) in [4.78, 5) is 14.4. The van der Waals surface area contributed by atoms with Crippen LogP contribution in [0, 0.1) is 0 Å². The summed E-state index contributed by atoms with van der Waals surface area (Å²) >= 11 is 12.4. The van der Waals surface area contributed by atoms with Crippen LogP contribution in [0.4, 0.5) is 0 Å². The standard InChI is InChI=1S/C25H31Cl2NO4/c1-24(2,3)32-22(29)13-14-28-15-21(31-25(4,5)16-28)17-9-11-18(12-10-17)30-23-19(26)7-6-8-20(23)27/h6-12,21H,13-16H2,1-5H3. The van der Waals surface area contributed by atoms with E-state index in [1.807, 2.05) is 45.0 Å². The van der Waals surface area contributed by atoms with Crippen molar-refractivity contribution in [1.29, 1.82) is 0 Å². The van der Waals surface area contributed by atoms with Gasteiger partial charge in [0.2, 0.25) is 0 Å². The molecular weight excluding hydrogens is 449 g/mol. The molecule has 1 saturated heterocycles. The minimum atomic E-state index is -0.470. The van der Waals surface area contributed by atoms with Crippen LogP contribution in [0.15, 0.2) is 42.5 Å². The van der Waals surface area contributed by atoms with Crippen molar-refractivity contribution in [2.24, 2.45) is 0 Å². The van der Waals surface area contributed by atoms with Crippen molar-refractivity contribution in [2.75, 3.05) is 19.6 Å². The van der Waals surface area contributed by atoms with Gasteiger partial charge in [-0.1, -0.05) is 41.4 Å². The van der Waals surface area contributed by atoms with E-state index in [0.717, 1.165) is 12.1 Å². The van der Waals surface area contributed by atoms with Crippen LogP contribution >= 0.6 is 23.2 Å². The molecule has 1 aliphatic rings. The average molecular weight is 480 g/mol. The van der Waals surface area contributed by atoms with Crippen LogP contribution in [-0.4, -0.2) is 41.7 Å². The summed E-state index contributed by atoms with van der Waals surface area (Å²) < 4.78 is 17.7. The van der Waals surface area contributed by atoms with Crippen molar-refractivity contribution in [3.63, 3.8) is 0 Å². The third kappa shape index (κ3) is 7.11. The van der Waals surface area contributed by atoms with E-state index in [4.69, 9.17) is 37.4 Å². The molecule has 174 valence electrons. The van der Waals surface area contributed by atoms with Crippen molar-refractivity contribution < 1.29 is 19.0 Å². The highest BCUT2D eigenvalue weighted by Gasteiger charge is 2.34. The minimum Gasteiger partial charge on any atom is -0.460 e. The largest absolute Gasteiger partial charge is 0.460 e. The number of rotatable bonds is 6. The van der Waals surface area contributed by atoms with Crippen LogP contribution in [-0.2, 0) is 14.3 Å². The molecule has 1 aliphatic heterocycles. The first-order valence-electron chi connectivity index (χ1n) is 10.8. The fourth-order valence-electron chi connectivity index (χ4n) is 3.73. The Morgan fingerprint density at radius 1 is 1.12 bits per heavy atom. The molecule has 1 fully saturated rings. The second kappa shape index (κ2) is 10.0. The topological polar surface area (TPSA) is 48.0 Å². The smallest absolute Gasteiger partial charge is 0.307 e. The Kier molecular flexibility index (Phi) is 7.77. The molecule has 0 bridgehead atoms. The van der Waals surface area contributed by atoms with Crippen molar-refractivity contribution in [1.82, 2.24) is 4.90 Å². The molecule has 1 unspecified atom stereocenters. The van der Waals surface area contributed by atoms with Gasteiger partial charge in [0.05, 0.1) is 28.2 Å². The molecule has 0 spiro atoms. The number of para-hydroxylation sites is 1. The van der Waals surface area contributed by atoms with E-state index in [2.05, 4.69) is 18.7 Å². The fourth-order valence-corrected chi connectivity index (χ4v) is 4.21. The summed E-state index contributed by atoms with van der Waals surface area (Å²) in [6.07, 6.45) is 0.237. The molecule has 1 atom stereocenters. The Bertz CT molecular complexity index is 918. The van der Waals surface area contributed by atoms with Crippen LogP contribution in [0.5, 0.6) is 11.5 Å². The first-order chi connectivity index (χ1) is 14.9. The monoisotopic (exact) mass is 479 g/mol. The van der Waals surface area contributed by atoms with Crippen LogP contribution in [0.2, 0.25) is 10.0 Å². The lowest BCUT2D eigenvalue weighted by atomic mass is 10.0. The summed E-state index contributed by atoms with van der Waals surface area (Å²) in [6, 6.07) is 13.0. The number of hydrogen-bond donors (Lipinski definition) is 0. The quantitative estimate of drug-likeness (QED) is 0.432. The average Bonchev–Trinajstić information content (AvgIpc) is 2.67. The number of halogens is 2. The van der Waals surface area contributed by atoms with Gasteiger partial charge in [0.15, 0.2) is 5.75 Å². The zero-order valence-corrected chi connectivity index (χ0v) is 20.8. The van der Waals surface area contributed by atoms with Gasteiger partial charge in [0.1, 0.15) is 11.4 Å². The van der Waals surface area contributed by atoms with Gasteiger partial charge in [-0.25, -0.2) is 0 Å². The maximum Gasteiger partial charge on any atom is 0.307 e. The molecule has 2 aromatic carbocycles. The van der Waals surface area contributed by atoms with E-state index in [9.17, 15) is 4.79 Å². The zero-order valence-electron chi connectivity index (χ0n) is 19.3. The molecule has 3 rings (SSSR count). The number of benzene rings is 2. The molecular formula is C25H31Cl2NO4. The Labute approximate surface area is 200 Å². The number of nitrogens with zero attached hydrogens (tertiary/aromatic N) is 1. The van der Waals surface area contributed by atoms with Gasteiger partial charge in [-0.3, -0.25) is 9.69 Å². The zero-order chi connectivity index (χ0) is 23.5. The molecule has 32 heavy (non-hydrogen) atoms. The molecule has 0 aliphatic carbocycles. The van der Waals surface area contributed by atoms with E-state index in [-0.39, 0.29) is 17.7 Å². The minimum absolute atomic E-state index is 0.115. The van der Waals surface area contributed by atoms with Gasteiger partial charge in [-0.15, -0.1) is 0 Å². The van der Waals surface area contributed by atoms with Crippen molar-refractivity contribution in [2.45, 2.75) is 58.3 Å². The highest BCUT2D eigenvalue weighted by molar-refractivity contribution is 6.37. The fraction of sp³-hybridized carbons (Fsp3) is 0.480. The van der Waals surface area contributed by atoms with Crippen molar-refractivity contribution in [3.05, 3.63) is 58.1 Å². The van der Waals surface area contributed by atoms with Crippen LogP contribution in [0.25, 0.3) is 0 Å². The predicted molar refractivity (Wildman–Crippen MR) is 128 cm³/mol. The lowest BCUT2D eigenvalue weighted by Crippen LogP contribution is -2.50. The number of carbonyl (C=O) groups is 1. The number of esters is 1. The maximum absolute atomic E-state index is 12.1. The highest BCUT2D eigenvalue weighted by Crippen LogP contribution is 2.37. The van der Waals surface area contributed by atoms with Crippen LogP contribution < -0.4 is 4.74 Å². The summed E-state index contributed by atoms with van der Waals surface area (Å²) in [6.45, 7) is 11.8. The number of ether oxygens (including phenoxy) is 3. The highest BCUT2D eigenvalue weighted by atomic mass is 35.5. The Morgan fingerprint density at radius 2 is 1.75 bits per heavy atom. The maximum atomic E-state index is 12.1. The van der Waals surface area contributed by atoms with E-state index < -0.39 is 5.60 Å². The third-order valence-corrected chi connectivity index (χ3v) is 5.53. The molecule has 0 saturated carbocycles. The molecule has 0 aromatic heterocycles. The van der Waals surface area contributed by atoms with Gasteiger partial charge in [-0.05, 0) is 64.4 Å². The first-order valence-corrected chi connectivity index (χ1v) is 11.5. The van der Waals surface area contributed by atoms with E-state index in [1.165, 1.54) is 0 Å². The van der Waals surface area contributed by atoms with Gasteiger partial charge in [-0.2, -0.15) is 0 Å². The second-order valence-corrected chi connectivity index (χ2v) is 10.5. The molecule has 1 heterocycles. The van der Waals surface area contributed by atoms with E-state index >= 15 is 0 Å². The molecule has 0 radical (unpaired) electrons. The van der Waals surface area contributed by atoms with Gasteiger partial charge >= 0.3 is 5.97 Å². The van der Waals surface area contributed by atoms with Crippen molar-refractivity contribution >= 4 is 29.2 Å².